The van der Waals surface area contributed by atoms with E-state index in [0.29, 0.717) is 0 Å². The first kappa shape index (κ1) is 51.8. The van der Waals surface area contributed by atoms with Gasteiger partial charge >= 0.3 is 44.8 Å². The molecule has 13 rings (SSSR count). The molecular formula is C70H48Au2P2+2. The van der Waals surface area contributed by atoms with Crippen molar-refractivity contribution < 1.29 is 44.8 Å². The van der Waals surface area contributed by atoms with Gasteiger partial charge in [0.15, 0.2) is 0 Å². The Morgan fingerprint density at radius 2 is 0.486 bits per heavy atom. The van der Waals surface area contributed by atoms with Crippen LogP contribution in [0.15, 0.2) is 279 Å². The van der Waals surface area contributed by atoms with Gasteiger partial charge in [-0.2, -0.15) is 0 Å². The molecule has 0 aliphatic heterocycles. The molecule has 358 valence electrons. The summed E-state index contributed by atoms with van der Waals surface area (Å²) < 4.78 is 0. The molecule has 0 aromatic heterocycles. The van der Waals surface area contributed by atoms with Gasteiger partial charge in [0.2, 0.25) is 0 Å². The summed E-state index contributed by atoms with van der Waals surface area (Å²) in [6, 6.07) is 99.8. The van der Waals surface area contributed by atoms with E-state index in [0.717, 1.165) is 21.9 Å². The first-order valence-corrected chi connectivity index (χ1v) is 27.2. The third-order valence-electron chi connectivity index (χ3n) is 13.5. The second kappa shape index (κ2) is 24.3. The molecule has 0 heterocycles. The third kappa shape index (κ3) is 10.9. The van der Waals surface area contributed by atoms with Crippen LogP contribution in [0.3, 0.4) is 0 Å². The molecule has 0 aliphatic rings. The molecule has 0 atom stereocenters. The van der Waals surface area contributed by atoms with Gasteiger partial charge in [-0.05, 0) is 125 Å². The Morgan fingerprint density at radius 1 is 0.230 bits per heavy atom. The van der Waals surface area contributed by atoms with Crippen molar-refractivity contribution in [2.45, 2.75) is 0 Å². The van der Waals surface area contributed by atoms with E-state index in [4.69, 9.17) is 12.8 Å². The zero-order valence-corrected chi connectivity index (χ0v) is 46.5. The maximum atomic E-state index is 7.24. The first-order valence-electron chi connectivity index (χ1n) is 24.2. The Balaban J connectivity index is 0.000000140. The van der Waals surface area contributed by atoms with E-state index in [1.54, 1.807) is 0 Å². The molecule has 0 N–H and O–H groups in total. The number of benzene rings is 13. The minimum atomic E-state index is -1.14. The van der Waals surface area contributed by atoms with Crippen LogP contribution in [0.5, 0.6) is 0 Å². The Bertz CT molecular complexity index is 3780. The van der Waals surface area contributed by atoms with E-state index in [2.05, 4.69) is 267 Å². The summed E-state index contributed by atoms with van der Waals surface area (Å²) in [5.41, 5.74) is 1.63. The van der Waals surface area contributed by atoms with Gasteiger partial charge in [-0.25, -0.2) is 0 Å². The van der Waals surface area contributed by atoms with Crippen LogP contribution in [-0.4, -0.2) is 0 Å². The van der Waals surface area contributed by atoms with Gasteiger partial charge in [0.05, 0.1) is 0 Å². The van der Waals surface area contributed by atoms with Crippen LogP contribution in [0.4, 0.5) is 0 Å². The average molecular weight is 1350 g/mol. The second-order valence-corrected chi connectivity index (χ2v) is 22.7. The molecule has 0 unspecified atom stereocenters. The van der Waals surface area contributed by atoms with Crippen LogP contribution in [0.25, 0.3) is 64.6 Å². The average Bonchev–Trinajstić information content (AvgIpc) is 3.46. The summed E-state index contributed by atoms with van der Waals surface area (Å²) >= 11 is 0. The molecule has 0 nitrogen and oxygen atoms in total. The Kier molecular flexibility index (Phi) is 17.0. The fraction of sp³-hybridized carbons (Fsp3) is 0. The molecule has 13 aromatic rings. The first-order chi connectivity index (χ1) is 35.6. The molecule has 13 aromatic carbocycles. The fourth-order valence-electron chi connectivity index (χ4n) is 10.1. The van der Waals surface area contributed by atoms with Gasteiger partial charge in [-0.1, -0.05) is 194 Å². The molecule has 0 radical (unpaired) electrons. The zero-order valence-electron chi connectivity index (χ0n) is 40.2. The molecule has 0 bridgehead atoms. The third-order valence-corrected chi connectivity index (χ3v) is 19.3. The molecule has 0 fully saturated rings. The molecule has 0 spiro atoms. The van der Waals surface area contributed by atoms with Crippen molar-refractivity contribution in [1.29, 1.82) is 0 Å². The molecular weight excluding hydrogens is 1300 g/mol. The zero-order chi connectivity index (χ0) is 48.6. The van der Waals surface area contributed by atoms with Crippen molar-refractivity contribution in [3.8, 4) is 11.8 Å². The van der Waals surface area contributed by atoms with Crippen molar-refractivity contribution in [3.63, 3.8) is 0 Å². The normalized spacial score (nSPS) is 10.7. The van der Waals surface area contributed by atoms with Crippen molar-refractivity contribution in [2.75, 3.05) is 0 Å². The molecule has 0 saturated carbocycles. The standard InChI is InChI=1S/C30H24P2.2C20H11.2Au/c1-5-15-25(16-6-1)31(26-17-7-2-8-18-26)29-23-13-14-24-30(29)32(27-19-9-3-10-20-27)28-21-11-4-12-22-28;2*1-2-14-7-10-18-16(13-14)9-12-19-17-6-4-3-5-15(17)8-11-20(18)19;;/h1-24H;2*3-13H;;/q;2*-1;2*+1/p+2. The molecule has 4 heteroatoms. The van der Waals surface area contributed by atoms with Gasteiger partial charge in [-0.15, -0.1) is 35.4 Å². The fourth-order valence-corrected chi connectivity index (χ4v) is 16.1. The van der Waals surface area contributed by atoms with E-state index in [-0.39, 0.29) is 44.8 Å². The predicted molar refractivity (Wildman–Crippen MR) is 317 cm³/mol. The van der Waals surface area contributed by atoms with Gasteiger partial charge in [0.25, 0.3) is 0 Å². The molecule has 0 saturated heterocycles. The van der Waals surface area contributed by atoms with Crippen LogP contribution in [0.1, 0.15) is 11.1 Å². The topological polar surface area (TPSA) is 0 Å². The number of fused-ring (bicyclic) bond motifs is 10. The summed E-state index contributed by atoms with van der Waals surface area (Å²) in [6.07, 6.45) is 14.5. The summed E-state index contributed by atoms with van der Waals surface area (Å²) in [7, 11) is -2.28. The molecule has 0 amide bonds. The number of hydrogen-bond acceptors (Lipinski definition) is 0. The van der Waals surface area contributed by atoms with E-state index in [1.165, 1.54) is 85.7 Å². The van der Waals surface area contributed by atoms with Crippen LogP contribution in [0, 0.1) is 24.7 Å². The minimum Gasteiger partial charge on any atom is -0.366 e. The van der Waals surface area contributed by atoms with Crippen molar-refractivity contribution in [1.82, 2.24) is 0 Å². The molecule has 74 heavy (non-hydrogen) atoms. The predicted octanol–water partition coefficient (Wildman–Crippen LogP) is 14.8. The van der Waals surface area contributed by atoms with Crippen LogP contribution in [-0.2, 0) is 44.8 Å². The van der Waals surface area contributed by atoms with Gasteiger partial charge in [0.1, 0.15) is 47.7 Å². The summed E-state index contributed by atoms with van der Waals surface area (Å²) in [5, 5.41) is 23.7. The van der Waals surface area contributed by atoms with Crippen molar-refractivity contribution in [2.24, 2.45) is 0 Å². The monoisotopic (exact) mass is 1340 g/mol. The van der Waals surface area contributed by atoms with Crippen molar-refractivity contribution >= 4 is 112 Å². The van der Waals surface area contributed by atoms with Gasteiger partial charge < -0.3 is 12.8 Å². The maximum absolute atomic E-state index is 7.24. The van der Waals surface area contributed by atoms with E-state index < -0.39 is 15.8 Å². The van der Waals surface area contributed by atoms with E-state index in [9.17, 15) is 0 Å². The largest absolute Gasteiger partial charge is 1.00 e. The summed E-state index contributed by atoms with van der Waals surface area (Å²) in [5.74, 6) is 4.89. The molecule has 0 aliphatic carbocycles. The smallest absolute Gasteiger partial charge is 0.366 e. The Labute approximate surface area is 468 Å². The SMILES string of the molecule is [Au+].[Au+].[C-]#Cc1ccc2c(ccc3c4ccccc4ccc23)c1.[C-]#Cc1ccc2c(ccc3c4ccccc4ccc23)c1.c1ccc([PH+](c2ccccc2)c2ccccc2[PH+](c2ccccc2)c2ccccc2)cc1. The van der Waals surface area contributed by atoms with Crippen LogP contribution >= 0.6 is 15.8 Å². The Morgan fingerprint density at radius 3 is 0.811 bits per heavy atom. The minimum absolute atomic E-state index is 0. The van der Waals surface area contributed by atoms with Crippen LogP contribution in [0.2, 0.25) is 0 Å². The summed E-state index contributed by atoms with van der Waals surface area (Å²) in [6.45, 7) is 0. The number of hydrogen-bond donors (Lipinski definition) is 0. The van der Waals surface area contributed by atoms with Gasteiger partial charge in [-0.3, -0.25) is 11.8 Å². The number of rotatable bonds is 6. The second-order valence-electron chi connectivity index (χ2n) is 17.8. The van der Waals surface area contributed by atoms with E-state index >= 15 is 0 Å². The van der Waals surface area contributed by atoms with Crippen molar-refractivity contribution in [3.05, 3.63) is 303 Å². The maximum Gasteiger partial charge on any atom is 1.00 e. The van der Waals surface area contributed by atoms with E-state index in [1.807, 2.05) is 24.3 Å². The summed E-state index contributed by atoms with van der Waals surface area (Å²) in [4.78, 5) is 0. The Hall–Kier alpha value is -7.12. The quantitative estimate of drug-likeness (QED) is 0.0512. The van der Waals surface area contributed by atoms with Crippen LogP contribution < -0.4 is 31.8 Å². The van der Waals surface area contributed by atoms with Gasteiger partial charge in [0, 0.05) is 0 Å².